The molecule has 0 bridgehead atoms. The summed E-state index contributed by atoms with van der Waals surface area (Å²) in [5.74, 6) is 1.57. The molecule has 0 unspecified atom stereocenters. The number of hydrogen-bond donors (Lipinski definition) is 0. The van der Waals surface area contributed by atoms with Gasteiger partial charge in [-0.05, 0) is 24.3 Å². The maximum Gasteiger partial charge on any atom is 0.172 e. The average Bonchev–Trinajstić information content (AvgIpc) is 2.94. The molecule has 1 aromatic heterocycles. The Kier molecular flexibility index (Phi) is 5.91. The lowest BCUT2D eigenvalue weighted by Gasteiger charge is -2.08. The van der Waals surface area contributed by atoms with E-state index in [2.05, 4.69) is 10.3 Å². The smallest absolute Gasteiger partial charge is 0.172 e. The van der Waals surface area contributed by atoms with Crippen LogP contribution in [-0.2, 0) is 17.9 Å². The van der Waals surface area contributed by atoms with E-state index >= 15 is 0 Å². The van der Waals surface area contributed by atoms with Gasteiger partial charge >= 0.3 is 0 Å². The first kappa shape index (κ1) is 16.0. The van der Waals surface area contributed by atoms with Gasteiger partial charge in [-0.3, -0.25) is 4.79 Å². The number of methoxy groups -OCH3 is 2. The molecule has 0 aliphatic heterocycles. The van der Waals surface area contributed by atoms with Crippen LogP contribution in [0.25, 0.3) is 0 Å². The van der Waals surface area contributed by atoms with Crippen molar-refractivity contribution in [2.24, 2.45) is 0 Å². The molecule has 7 nitrogen and oxygen atoms in total. The van der Waals surface area contributed by atoms with Crippen LogP contribution in [0.15, 0.2) is 24.3 Å². The highest BCUT2D eigenvalue weighted by Crippen LogP contribution is 2.17. The molecule has 0 N–H and O–H groups in total. The number of aldehydes is 1. The molecule has 2 aromatic rings. The zero-order valence-electron chi connectivity index (χ0n) is 12.7. The van der Waals surface area contributed by atoms with Gasteiger partial charge in [0.15, 0.2) is 12.0 Å². The fourth-order valence-electron chi connectivity index (χ4n) is 1.98. The Morgan fingerprint density at radius 1 is 1.18 bits per heavy atom. The van der Waals surface area contributed by atoms with E-state index in [1.54, 1.807) is 18.9 Å². The summed E-state index contributed by atoms with van der Waals surface area (Å²) < 4.78 is 17.5. The average molecular weight is 305 g/mol. The van der Waals surface area contributed by atoms with Crippen molar-refractivity contribution in [3.8, 4) is 11.5 Å². The topological polar surface area (TPSA) is 75.5 Å². The minimum atomic E-state index is 0.306. The molecule has 0 aliphatic carbocycles. The summed E-state index contributed by atoms with van der Waals surface area (Å²) >= 11 is 0. The lowest BCUT2D eigenvalue weighted by Crippen LogP contribution is -2.10. The number of rotatable bonds is 9. The van der Waals surface area contributed by atoms with Crippen LogP contribution in [0.2, 0.25) is 0 Å². The summed E-state index contributed by atoms with van der Waals surface area (Å²) in [6.07, 6.45) is 1.43. The highest BCUT2D eigenvalue weighted by molar-refractivity contribution is 5.73. The Morgan fingerprint density at radius 2 is 1.91 bits per heavy atom. The van der Waals surface area contributed by atoms with E-state index in [1.165, 1.54) is 0 Å². The fourth-order valence-corrected chi connectivity index (χ4v) is 1.98. The molecule has 0 saturated carbocycles. The normalized spacial score (nSPS) is 10.5. The summed E-state index contributed by atoms with van der Waals surface area (Å²) in [4.78, 5) is 10.9. The van der Waals surface area contributed by atoms with Crippen LogP contribution in [-0.4, -0.2) is 42.1 Å². The van der Waals surface area contributed by atoms with Crippen LogP contribution >= 0.6 is 0 Å². The number of carbonyl (C=O) groups excluding carboxylic acids is 1. The monoisotopic (exact) mass is 305 g/mol. The Hall–Kier alpha value is -2.41. The summed E-state index contributed by atoms with van der Waals surface area (Å²) in [6, 6.07) is 7.41. The number of carbonyl (C=O) groups is 1. The van der Waals surface area contributed by atoms with E-state index in [9.17, 15) is 4.79 Å². The molecule has 118 valence electrons. The Bertz CT molecular complexity index is 595. The number of aryl methyl sites for hydroxylation is 1. The molecule has 0 fully saturated rings. The van der Waals surface area contributed by atoms with Crippen molar-refractivity contribution in [2.75, 3.05) is 20.8 Å². The first-order valence-electron chi connectivity index (χ1n) is 6.91. The zero-order chi connectivity index (χ0) is 15.8. The van der Waals surface area contributed by atoms with Gasteiger partial charge < -0.3 is 14.2 Å². The Morgan fingerprint density at radius 3 is 2.55 bits per heavy atom. The van der Waals surface area contributed by atoms with E-state index in [1.807, 2.05) is 24.3 Å². The van der Waals surface area contributed by atoms with Crippen LogP contribution in [0.1, 0.15) is 22.6 Å². The summed E-state index contributed by atoms with van der Waals surface area (Å²) in [5.41, 5.74) is 1.000. The van der Waals surface area contributed by atoms with Gasteiger partial charge in [-0.15, -0.1) is 5.10 Å². The highest BCUT2D eigenvalue weighted by atomic mass is 16.5. The molecule has 0 spiro atoms. The standard InChI is InChI=1S/C15H19N3O4/c1-20-11-15-14(10-19)16-17-18(15)8-3-9-22-13-6-4-12(21-2)5-7-13/h4-7,10H,3,8-9,11H2,1-2H3. The van der Waals surface area contributed by atoms with Gasteiger partial charge in [-0.2, -0.15) is 0 Å². The minimum absolute atomic E-state index is 0.306. The van der Waals surface area contributed by atoms with E-state index in [-0.39, 0.29) is 0 Å². The summed E-state index contributed by atoms with van der Waals surface area (Å²) in [5, 5.41) is 7.78. The van der Waals surface area contributed by atoms with E-state index < -0.39 is 0 Å². The second-order valence-corrected chi connectivity index (χ2v) is 4.57. The molecule has 0 radical (unpaired) electrons. The summed E-state index contributed by atoms with van der Waals surface area (Å²) in [6.45, 7) is 1.45. The van der Waals surface area contributed by atoms with Crippen LogP contribution in [0.3, 0.4) is 0 Å². The highest BCUT2D eigenvalue weighted by Gasteiger charge is 2.11. The fraction of sp³-hybridized carbons (Fsp3) is 0.400. The third kappa shape index (κ3) is 4.05. The van der Waals surface area contributed by atoms with E-state index in [0.29, 0.717) is 37.4 Å². The van der Waals surface area contributed by atoms with Crippen LogP contribution in [0.4, 0.5) is 0 Å². The first-order valence-corrected chi connectivity index (χ1v) is 6.91. The van der Waals surface area contributed by atoms with Gasteiger partial charge in [-0.25, -0.2) is 4.68 Å². The molecule has 0 amide bonds. The molecular weight excluding hydrogens is 286 g/mol. The lowest BCUT2D eigenvalue weighted by molar-refractivity contribution is 0.111. The van der Waals surface area contributed by atoms with Gasteiger partial charge in [0.2, 0.25) is 0 Å². The van der Waals surface area contributed by atoms with Gasteiger partial charge in [0.05, 0.1) is 26.0 Å². The van der Waals surface area contributed by atoms with Crippen LogP contribution in [0.5, 0.6) is 11.5 Å². The van der Waals surface area contributed by atoms with Gasteiger partial charge in [-0.1, -0.05) is 5.21 Å². The van der Waals surface area contributed by atoms with Crippen molar-refractivity contribution in [3.05, 3.63) is 35.7 Å². The molecule has 0 saturated heterocycles. The van der Waals surface area contributed by atoms with Gasteiger partial charge in [0, 0.05) is 20.1 Å². The van der Waals surface area contributed by atoms with E-state index in [0.717, 1.165) is 17.9 Å². The minimum Gasteiger partial charge on any atom is -0.497 e. The van der Waals surface area contributed by atoms with Crippen molar-refractivity contribution in [3.63, 3.8) is 0 Å². The Balaban J connectivity index is 1.83. The number of hydrogen-bond acceptors (Lipinski definition) is 6. The second kappa shape index (κ2) is 8.14. The van der Waals surface area contributed by atoms with Crippen molar-refractivity contribution in [1.29, 1.82) is 0 Å². The van der Waals surface area contributed by atoms with Crippen molar-refractivity contribution >= 4 is 6.29 Å². The lowest BCUT2D eigenvalue weighted by atomic mass is 10.3. The third-order valence-electron chi connectivity index (χ3n) is 3.10. The maximum atomic E-state index is 10.9. The van der Waals surface area contributed by atoms with Gasteiger partial charge in [0.1, 0.15) is 11.5 Å². The molecule has 2 rings (SSSR count). The molecule has 0 aliphatic rings. The van der Waals surface area contributed by atoms with Crippen molar-refractivity contribution in [1.82, 2.24) is 15.0 Å². The van der Waals surface area contributed by atoms with Gasteiger partial charge in [0.25, 0.3) is 0 Å². The number of nitrogens with zero attached hydrogens (tertiary/aromatic N) is 3. The van der Waals surface area contributed by atoms with Crippen molar-refractivity contribution in [2.45, 2.75) is 19.6 Å². The predicted molar refractivity (Wildman–Crippen MR) is 79.2 cm³/mol. The largest absolute Gasteiger partial charge is 0.497 e. The van der Waals surface area contributed by atoms with Crippen LogP contribution < -0.4 is 9.47 Å². The molecule has 0 atom stereocenters. The number of ether oxygens (including phenoxy) is 3. The maximum absolute atomic E-state index is 10.9. The number of aromatic nitrogens is 3. The molecule has 1 aromatic carbocycles. The molecule has 22 heavy (non-hydrogen) atoms. The number of benzene rings is 1. The third-order valence-corrected chi connectivity index (χ3v) is 3.10. The summed E-state index contributed by atoms with van der Waals surface area (Å²) in [7, 11) is 3.19. The molecular formula is C15H19N3O4. The Labute approximate surface area is 128 Å². The molecule has 7 heteroatoms. The quantitative estimate of drug-likeness (QED) is 0.518. The zero-order valence-corrected chi connectivity index (χ0v) is 12.7. The van der Waals surface area contributed by atoms with Crippen molar-refractivity contribution < 1.29 is 19.0 Å². The molecule has 1 heterocycles. The first-order chi connectivity index (χ1) is 10.8. The predicted octanol–water partition coefficient (Wildman–Crippen LogP) is 1.71. The van der Waals surface area contributed by atoms with Crippen LogP contribution in [0, 0.1) is 0 Å². The SMILES string of the molecule is COCc1c(C=O)nnn1CCCOc1ccc(OC)cc1. The second-order valence-electron chi connectivity index (χ2n) is 4.57. The van der Waals surface area contributed by atoms with E-state index in [4.69, 9.17) is 14.2 Å².